The first-order valence-corrected chi connectivity index (χ1v) is 6.57. The van der Waals surface area contributed by atoms with Crippen LogP contribution in [-0.2, 0) is 16.2 Å². The summed E-state index contributed by atoms with van der Waals surface area (Å²) >= 11 is 0. The minimum Gasteiger partial charge on any atom is -0.284 e. The number of hydrogen-bond donors (Lipinski definition) is 1. The molecule has 0 aliphatic rings. The van der Waals surface area contributed by atoms with Crippen LogP contribution in [0.2, 0.25) is 0 Å². The number of anilines is 1. The van der Waals surface area contributed by atoms with Crippen molar-refractivity contribution in [3.8, 4) is 0 Å². The fourth-order valence-corrected chi connectivity index (χ4v) is 2.38. The van der Waals surface area contributed by atoms with Crippen molar-refractivity contribution in [1.29, 1.82) is 0 Å². The van der Waals surface area contributed by atoms with E-state index in [2.05, 4.69) is 4.72 Å². The molecule has 0 aliphatic heterocycles. The predicted octanol–water partition coefficient (Wildman–Crippen LogP) is 2.86. The molecule has 17 heavy (non-hydrogen) atoms. The normalized spacial score (nSPS) is 12.5. The average Bonchev–Trinajstić information content (AvgIpc) is 2.15. The number of rotatable bonds is 4. The Morgan fingerprint density at radius 3 is 2.47 bits per heavy atom. The van der Waals surface area contributed by atoms with Gasteiger partial charge in [0.15, 0.2) is 0 Å². The van der Waals surface area contributed by atoms with E-state index in [1.54, 1.807) is 6.92 Å². The zero-order valence-electron chi connectivity index (χ0n) is 9.08. The molecule has 0 aromatic heterocycles. The molecule has 0 fully saturated rings. The Morgan fingerprint density at radius 1 is 1.29 bits per heavy atom. The van der Waals surface area contributed by atoms with E-state index in [0.29, 0.717) is 6.42 Å². The summed E-state index contributed by atoms with van der Waals surface area (Å²) in [6.45, 7) is 1.67. The second-order valence-corrected chi connectivity index (χ2v) is 5.34. The van der Waals surface area contributed by atoms with E-state index >= 15 is 0 Å². The van der Waals surface area contributed by atoms with E-state index in [1.165, 1.54) is 6.07 Å². The van der Waals surface area contributed by atoms with Gasteiger partial charge in [-0.3, -0.25) is 4.72 Å². The zero-order chi connectivity index (χ0) is 13.1. The van der Waals surface area contributed by atoms with Gasteiger partial charge >= 0.3 is 6.18 Å². The van der Waals surface area contributed by atoms with E-state index < -0.39 is 21.8 Å². The largest absolute Gasteiger partial charge is 0.416 e. The van der Waals surface area contributed by atoms with Crippen molar-refractivity contribution < 1.29 is 21.6 Å². The molecule has 0 saturated heterocycles. The highest BCUT2D eigenvalue weighted by atomic mass is 32.2. The van der Waals surface area contributed by atoms with Gasteiger partial charge in [-0.05, 0) is 24.6 Å². The second kappa shape index (κ2) is 4.95. The molecule has 1 aromatic rings. The maximum absolute atomic E-state index is 12.4. The standard InChI is InChI=1S/C10H12F3NO2S/c1-2-6-17(15,16)14-9-5-3-4-8(7-9)10(11,12)13/h3-5,7,14H,2,6H2,1H3. The Kier molecular flexibility index (Phi) is 4.03. The van der Waals surface area contributed by atoms with Crippen LogP contribution in [0.25, 0.3) is 0 Å². The molecule has 1 aromatic carbocycles. The lowest BCUT2D eigenvalue weighted by atomic mass is 10.2. The molecule has 0 bridgehead atoms. The summed E-state index contributed by atoms with van der Waals surface area (Å²) in [5.41, 5.74) is -0.956. The number of hydrogen-bond acceptors (Lipinski definition) is 2. The molecule has 0 atom stereocenters. The molecule has 0 saturated carbocycles. The monoisotopic (exact) mass is 267 g/mol. The predicted molar refractivity (Wildman–Crippen MR) is 59.1 cm³/mol. The Hall–Kier alpha value is -1.24. The van der Waals surface area contributed by atoms with Crippen LogP contribution in [-0.4, -0.2) is 14.2 Å². The summed E-state index contributed by atoms with van der Waals surface area (Å²) in [6, 6.07) is 4.10. The lowest BCUT2D eigenvalue weighted by Crippen LogP contribution is -2.16. The minimum absolute atomic E-state index is 0.0757. The van der Waals surface area contributed by atoms with Crippen molar-refractivity contribution in [1.82, 2.24) is 0 Å². The quantitative estimate of drug-likeness (QED) is 0.911. The van der Waals surface area contributed by atoms with Gasteiger partial charge in [0.2, 0.25) is 10.0 Å². The van der Waals surface area contributed by atoms with Crippen molar-refractivity contribution in [2.24, 2.45) is 0 Å². The summed E-state index contributed by atoms with van der Waals surface area (Å²) < 4.78 is 62.0. The zero-order valence-corrected chi connectivity index (χ0v) is 9.90. The molecule has 1 rings (SSSR count). The molecule has 3 nitrogen and oxygen atoms in total. The third-order valence-corrected chi connectivity index (χ3v) is 3.43. The van der Waals surface area contributed by atoms with Crippen molar-refractivity contribution in [3.05, 3.63) is 29.8 Å². The van der Waals surface area contributed by atoms with Gasteiger partial charge in [-0.25, -0.2) is 8.42 Å². The van der Waals surface area contributed by atoms with E-state index in [9.17, 15) is 21.6 Å². The molecule has 0 radical (unpaired) electrons. The maximum Gasteiger partial charge on any atom is 0.416 e. The highest BCUT2D eigenvalue weighted by Crippen LogP contribution is 2.30. The average molecular weight is 267 g/mol. The fourth-order valence-electron chi connectivity index (χ4n) is 1.26. The highest BCUT2D eigenvalue weighted by Gasteiger charge is 2.30. The molecule has 0 aliphatic carbocycles. The fraction of sp³-hybridized carbons (Fsp3) is 0.400. The summed E-state index contributed by atoms with van der Waals surface area (Å²) in [6.07, 6.45) is -4.08. The highest BCUT2D eigenvalue weighted by molar-refractivity contribution is 7.92. The van der Waals surface area contributed by atoms with Gasteiger partial charge in [-0.1, -0.05) is 13.0 Å². The van der Waals surface area contributed by atoms with Gasteiger partial charge in [-0.2, -0.15) is 13.2 Å². The lowest BCUT2D eigenvalue weighted by molar-refractivity contribution is -0.137. The third-order valence-electron chi connectivity index (χ3n) is 1.94. The van der Waals surface area contributed by atoms with Crippen molar-refractivity contribution >= 4 is 15.7 Å². The molecule has 96 valence electrons. The third kappa shape index (κ3) is 4.26. The number of nitrogens with one attached hydrogen (secondary N) is 1. The van der Waals surface area contributed by atoms with E-state index in [-0.39, 0.29) is 11.4 Å². The summed E-state index contributed by atoms with van der Waals surface area (Å²) in [5.74, 6) is -0.122. The first-order chi connectivity index (χ1) is 7.74. The molecule has 7 heteroatoms. The van der Waals surface area contributed by atoms with Gasteiger partial charge in [0.05, 0.1) is 11.3 Å². The topological polar surface area (TPSA) is 46.2 Å². The van der Waals surface area contributed by atoms with E-state index in [1.807, 2.05) is 0 Å². The Labute approximate surface area is 97.7 Å². The Morgan fingerprint density at radius 2 is 1.94 bits per heavy atom. The SMILES string of the molecule is CCCS(=O)(=O)Nc1cccc(C(F)(F)F)c1. The van der Waals surface area contributed by atoms with Gasteiger partial charge < -0.3 is 0 Å². The Bertz CT molecular complexity index is 483. The number of sulfonamides is 1. The summed E-state index contributed by atoms with van der Waals surface area (Å²) in [7, 11) is -3.56. The van der Waals surface area contributed by atoms with Crippen molar-refractivity contribution in [2.45, 2.75) is 19.5 Å². The molecule has 1 N–H and O–H groups in total. The molecule has 0 heterocycles. The lowest BCUT2D eigenvalue weighted by Gasteiger charge is -2.10. The van der Waals surface area contributed by atoms with Crippen molar-refractivity contribution in [3.63, 3.8) is 0 Å². The second-order valence-electron chi connectivity index (χ2n) is 3.50. The van der Waals surface area contributed by atoms with Crippen LogP contribution < -0.4 is 4.72 Å². The summed E-state index contributed by atoms with van der Waals surface area (Å²) in [4.78, 5) is 0. The van der Waals surface area contributed by atoms with Gasteiger partial charge in [0.1, 0.15) is 0 Å². The van der Waals surface area contributed by atoms with E-state index in [0.717, 1.165) is 18.2 Å². The Balaban J connectivity index is 2.94. The maximum atomic E-state index is 12.4. The van der Waals surface area contributed by atoms with Crippen LogP contribution in [0.1, 0.15) is 18.9 Å². The van der Waals surface area contributed by atoms with E-state index in [4.69, 9.17) is 0 Å². The minimum atomic E-state index is -4.48. The molecule has 0 spiro atoms. The van der Waals surface area contributed by atoms with Crippen LogP contribution in [0.15, 0.2) is 24.3 Å². The molecule has 0 unspecified atom stereocenters. The van der Waals surface area contributed by atoms with Crippen molar-refractivity contribution in [2.75, 3.05) is 10.5 Å². The number of alkyl halides is 3. The van der Waals surface area contributed by atoms with Gasteiger partial charge in [0.25, 0.3) is 0 Å². The van der Waals surface area contributed by atoms with Crippen LogP contribution in [0.5, 0.6) is 0 Å². The molecular formula is C10H12F3NO2S. The molecule has 0 amide bonds. The van der Waals surface area contributed by atoms with Gasteiger partial charge in [0, 0.05) is 5.69 Å². The van der Waals surface area contributed by atoms with Crippen LogP contribution in [0.3, 0.4) is 0 Å². The summed E-state index contributed by atoms with van der Waals surface area (Å²) in [5, 5.41) is 0. The smallest absolute Gasteiger partial charge is 0.284 e. The number of halogens is 3. The number of benzene rings is 1. The van der Waals surface area contributed by atoms with Gasteiger partial charge in [-0.15, -0.1) is 0 Å². The van der Waals surface area contributed by atoms with Crippen LogP contribution >= 0.6 is 0 Å². The molecular weight excluding hydrogens is 255 g/mol. The first kappa shape index (κ1) is 13.8. The first-order valence-electron chi connectivity index (χ1n) is 4.92. The van der Waals surface area contributed by atoms with Crippen LogP contribution in [0, 0.1) is 0 Å². The van der Waals surface area contributed by atoms with Crippen LogP contribution in [0.4, 0.5) is 18.9 Å².